The van der Waals surface area contributed by atoms with E-state index < -0.39 is 0 Å². The minimum Gasteiger partial charge on any atom is -0.466 e. The van der Waals surface area contributed by atoms with E-state index in [1.165, 1.54) is 11.1 Å². The highest BCUT2D eigenvalue weighted by Gasteiger charge is 2.22. The van der Waals surface area contributed by atoms with Crippen molar-refractivity contribution in [3.63, 3.8) is 0 Å². The van der Waals surface area contributed by atoms with Crippen molar-refractivity contribution >= 4 is 5.97 Å². The average Bonchev–Trinajstić information content (AvgIpc) is 2.61. The lowest BCUT2D eigenvalue weighted by Gasteiger charge is -2.26. The SMILES string of the molecule is CCOC(=O)C(CN)CN(Cc1ccccc1)Cc1ccccc1. The van der Waals surface area contributed by atoms with Crippen LogP contribution in [0.1, 0.15) is 18.1 Å². The molecule has 0 spiro atoms. The Balaban J connectivity index is 2.10. The molecule has 4 heteroatoms. The number of esters is 1. The molecule has 2 aromatic carbocycles. The van der Waals surface area contributed by atoms with Crippen LogP contribution in [0.3, 0.4) is 0 Å². The van der Waals surface area contributed by atoms with Gasteiger partial charge in [-0.2, -0.15) is 0 Å². The predicted octanol–water partition coefficient (Wildman–Crippen LogP) is 2.83. The molecule has 0 fully saturated rings. The Hall–Kier alpha value is -2.17. The van der Waals surface area contributed by atoms with Gasteiger partial charge in [0.1, 0.15) is 0 Å². The summed E-state index contributed by atoms with van der Waals surface area (Å²) >= 11 is 0. The molecule has 0 saturated heterocycles. The fraction of sp³-hybridized carbons (Fsp3) is 0.350. The maximum absolute atomic E-state index is 12.1. The largest absolute Gasteiger partial charge is 0.466 e. The smallest absolute Gasteiger partial charge is 0.311 e. The van der Waals surface area contributed by atoms with E-state index in [2.05, 4.69) is 29.2 Å². The van der Waals surface area contributed by atoms with Crippen LogP contribution in [0.15, 0.2) is 60.7 Å². The summed E-state index contributed by atoms with van der Waals surface area (Å²) < 4.78 is 5.15. The molecule has 24 heavy (non-hydrogen) atoms. The first-order chi connectivity index (χ1) is 11.7. The number of rotatable bonds is 9. The van der Waals surface area contributed by atoms with E-state index in [0.717, 1.165) is 13.1 Å². The van der Waals surface area contributed by atoms with Gasteiger partial charge in [-0.25, -0.2) is 0 Å². The Labute approximate surface area is 144 Å². The van der Waals surface area contributed by atoms with E-state index in [9.17, 15) is 4.79 Å². The highest BCUT2D eigenvalue weighted by molar-refractivity contribution is 5.72. The maximum Gasteiger partial charge on any atom is 0.311 e. The molecule has 4 nitrogen and oxygen atoms in total. The van der Waals surface area contributed by atoms with Crippen molar-refractivity contribution in [3.05, 3.63) is 71.8 Å². The second-order valence-electron chi connectivity index (χ2n) is 5.83. The fourth-order valence-electron chi connectivity index (χ4n) is 2.69. The molecule has 2 rings (SSSR count). The second kappa shape index (κ2) is 9.85. The molecule has 0 aliphatic heterocycles. The Kier molecular flexibility index (Phi) is 7.46. The molecule has 0 radical (unpaired) electrons. The van der Waals surface area contributed by atoms with Gasteiger partial charge in [0.05, 0.1) is 12.5 Å². The van der Waals surface area contributed by atoms with Crippen LogP contribution < -0.4 is 5.73 Å². The summed E-state index contributed by atoms with van der Waals surface area (Å²) in [5, 5.41) is 0. The first-order valence-electron chi connectivity index (χ1n) is 8.39. The Morgan fingerprint density at radius 2 is 1.50 bits per heavy atom. The summed E-state index contributed by atoms with van der Waals surface area (Å²) in [5.74, 6) is -0.525. The Morgan fingerprint density at radius 1 is 1.00 bits per heavy atom. The van der Waals surface area contributed by atoms with Gasteiger partial charge in [0.25, 0.3) is 0 Å². The summed E-state index contributed by atoms with van der Waals surface area (Å²) in [5.41, 5.74) is 8.24. The Bertz CT molecular complexity index is 560. The summed E-state index contributed by atoms with van der Waals surface area (Å²) in [4.78, 5) is 14.3. The van der Waals surface area contributed by atoms with Gasteiger partial charge in [-0.15, -0.1) is 0 Å². The van der Waals surface area contributed by atoms with Crippen molar-refractivity contribution < 1.29 is 9.53 Å². The van der Waals surface area contributed by atoms with E-state index in [4.69, 9.17) is 10.5 Å². The summed E-state index contributed by atoms with van der Waals surface area (Å²) in [6.07, 6.45) is 0. The molecule has 128 valence electrons. The third-order valence-corrected chi connectivity index (χ3v) is 3.88. The Morgan fingerprint density at radius 3 is 1.92 bits per heavy atom. The lowest BCUT2D eigenvalue weighted by Crippen LogP contribution is -2.37. The molecule has 0 aliphatic rings. The van der Waals surface area contributed by atoms with Crippen LogP contribution >= 0.6 is 0 Å². The monoisotopic (exact) mass is 326 g/mol. The number of nitrogens with zero attached hydrogens (tertiary/aromatic N) is 1. The third-order valence-electron chi connectivity index (χ3n) is 3.88. The van der Waals surface area contributed by atoms with Gasteiger partial charge in [0.2, 0.25) is 0 Å². The average molecular weight is 326 g/mol. The van der Waals surface area contributed by atoms with E-state index in [-0.39, 0.29) is 11.9 Å². The molecule has 2 N–H and O–H groups in total. The molecule has 0 saturated carbocycles. The topological polar surface area (TPSA) is 55.6 Å². The van der Waals surface area contributed by atoms with Crippen LogP contribution in [-0.4, -0.2) is 30.6 Å². The quantitative estimate of drug-likeness (QED) is 0.720. The van der Waals surface area contributed by atoms with Gasteiger partial charge in [0, 0.05) is 26.2 Å². The zero-order chi connectivity index (χ0) is 17.2. The third kappa shape index (κ3) is 5.80. The van der Waals surface area contributed by atoms with Crippen molar-refractivity contribution in [3.8, 4) is 0 Å². The van der Waals surface area contributed by atoms with Crippen LogP contribution in [0.25, 0.3) is 0 Å². The van der Waals surface area contributed by atoms with Gasteiger partial charge in [0.15, 0.2) is 0 Å². The summed E-state index contributed by atoms with van der Waals surface area (Å²) in [6.45, 7) is 4.61. The van der Waals surface area contributed by atoms with E-state index in [1.807, 2.05) is 43.3 Å². The summed E-state index contributed by atoms with van der Waals surface area (Å²) in [6, 6.07) is 20.5. The van der Waals surface area contributed by atoms with Crippen molar-refractivity contribution in [2.24, 2.45) is 11.7 Å². The standard InChI is InChI=1S/C20H26N2O2/c1-2-24-20(23)19(13-21)16-22(14-17-9-5-3-6-10-17)15-18-11-7-4-8-12-18/h3-12,19H,2,13-16,21H2,1H3. The highest BCUT2D eigenvalue weighted by atomic mass is 16.5. The molecule has 0 aliphatic carbocycles. The zero-order valence-electron chi connectivity index (χ0n) is 14.2. The lowest BCUT2D eigenvalue weighted by molar-refractivity contribution is -0.148. The van der Waals surface area contributed by atoms with E-state index in [0.29, 0.717) is 19.7 Å². The summed E-state index contributed by atoms with van der Waals surface area (Å²) in [7, 11) is 0. The maximum atomic E-state index is 12.1. The zero-order valence-corrected chi connectivity index (χ0v) is 14.2. The van der Waals surface area contributed by atoms with Gasteiger partial charge in [-0.3, -0.25) is 9.69 Å². The molecule has 0 amide bonds. The normalized spacial score (nSPS) is 12.1. The minimum absolute atomic E-state index is 0.217. The molecule has 0 heterocycles. The van der Waals surface area contributed by atoms with Crippen LogP contribution in [0, 0.1) is 5.92 Å². The minimum atomic E-state index is -0.308. The highest BCUT2D eigenvalue weighted by Crippen LogP contribution is 2.13. The number of carbonyl (C=O) groups is 1. The molecule has 2 aromatic rings. The molecule has 0 aromatic heterocycles. The van der Waals surface area contributed by atoms with Crippen LogP contribution in [0.4, 0.5) is 0 Å². The number of hydrogen-bond donors (Lipinski definition) is 1. The number of ether oxygens (including phenoxy) is 1. The van der Waals surface area contributed by atoms with Crippen LogP contribution in [0.5, 0.6) is 0 Å². The lowest BCUT2D eigenvalue weighted by atomic mass is 10.1. The number of hydrogen-bond acceptors (Lipinski definition) is 4. The van der Waals surface area contributed by atoms with Crippen molar-refractivity contribution in [1.29, 1.82) is 0 Å². The molecule has 1 unspecified atom stereocenters. The first-order valence-corrected chi connectivity index (χ1v) is 8.39. The predicted molar refractivity (Wildman–Crippen MR) is 96.2 cm³/mol. The van der Waals surface area contributed by atoms with Crippen LogP contribution in [-0.2, 0) is 22.6 Å². The van der Waals surface area contributed by atoms with Gasteiger partial charge >= 0.3 is 5.97 Å². The molecule has 1 atom stereocenters. The fourth-order valence-corrected chi connectivity index (χ4v) is 2.69. The number of benzene rings is 2. The van der Waals surface area contributed by atoms with Gasteiger partial charge in [-0.05, 0) is 18.1 Å². The van der Waals surface area contributed by atoms with E-state index in [1.54, 1.807) is 0 Å². The van der Waals surface area contributed by atoms with Gasteiger partial charge < -0.3 is 10.5 Å². The van der Waals surface area contributed by atoms with Crippen molar-refractivity contribution in [2.45, 2.75) is 20.0 Å². The van der Waals surface area contributed by atoms with Crippen molar-refractivity contribution in [2.75, 3.05) is 19.7 Å². The number of carbonyl (C=O) groups excluding carboxylic acids is 1. The molecular formula is C20H26N2O2. The van der Waals surface area contributed by atoms with Crippen LogP contribution in [0.2, 0.25) is 0 Å². The van der Waals surface area contributed by atoms with Crippen molar-refractivity contribution in [1.82, 2.24) is 4.90 Å². The molecule has 0 bridgehead atoms. The first kappa shape index (κ1) is 18.2. The number of nitrogens with two attached hydrogens (primary N) is 1. The van der Waals surface area contributed by atoms with Gasteiger partial charge in [-0.1, -0.05) is 60.7 Å². The molecular weight excluding hydrogens is 300 g/mol. The van der Waals surface area contributed by atoms with E-state index >= 15 is 0 Å². The second-order valence-corrected chi connectivity index (χ2v) is 5.83.